The van der Waals surface area contributed by atoms with Gasteiger partial charge in [0.1, 0.15) is 11.4 Å². The molecule has 2 aromatic carbocycles. The molecule has 0 fully saturated rings. The van der Waals surface area contributed by atoms with Crippen molar-refractivity contribution < 1.29 is 14.5 Å². The first-order valence-corrected chi connectivity index (χ1v) is 9.36. The summed E-state index contributed by atoms with van der Waals surface area (Å²) in [4.78, 5) is 25.3. The molecular weight excluding hydrogens is 372 g/mol. The molecule has 0 radical (unpaired) electrons. The van der Waals surface area contributed by atoms with Crippen LogP contribution in [0.3, 0.4) is 0 Å². The molecule has 2 aromatic rings. The van der Waals surface area contributed by atoms with E-state index < -0.39 is 4.92 Å². The van der Waals surface area contributed by atoms with Gasteiger partial charge in [0.15, 0.2) is 0 Å². The van der Waals surface area contributed by atoms with Crippen LogP contribution < -0.4 is 15.4 Å². The molecule has 0 saturated carbocycles. The van der Waals surface area contributed by atoms with Gasteiger partial charge in [-0.15, -0.1) is 0 Å². The van der Waals surface area contributed by atoms with Gasteiger partial charge < -0.3 is 20.3 Å². The summed E-state index contributed by atoms with van der Waals surface area (Å²) in [6.45, 7) is 4.11. The second-order valence-corrected chi connectivity index (χ2v) is 7.25. The first-order valence-electron chi connectivity index (χ1n) is 9.36. The quantitative estimate of drug-likeness (QED) is 0.494. The number of likely N-dealkylation sites (N-methyl/N-ethyl adjacent to an activating group) is 1. The molecule has 0 aliphatic rings. The highest BCUT2D eigenvalue weighted by Gasteiger charge is 2.20. The number of hydrogen-bond donors (Lipinski definition) is 2. The molecule has 8 nitrogen and oxygen atoms in total. The van der Waals surface area contributed by atoms with Crippen LogP contribution in [0.15, 0.2) is 42.5 Å². The van der Waals surface area contributed by atoms with Gasteiger partial charge in [0.2, 0.25) is 0 Å². The molecule has 1 unspecified atom stereocenters. The van der Waals surface area contributed by atoms with Crippen molar-refractivity contribution in [2.24, 2.45) is 0 Å². The van der Waals surface area contributed by atoms with Crippen LogP contribution in [-0.2, 0) is 0 Å². The van der Waals surface area contributed by atoms with Crippen LogP contribution in [0.25, 0.3) is 0 Å². The van der Waals surface area contributed by atoms with E-state index in [2.05, 4.69) is 10.6 Å². The minimum atomic E-state index is -0.481. The molecule has 29 heavy (non-hydrogen) atoms. The molecule has 1 amide bonds. The van der Waals surface area contributed by atoms with E-state index >= 15 is 0 Å². The molecule has 0 aromatic heterocycles. The second kappa shape index (κ2) is 9.88. The lowest BCUT2D eigenvalue weighted by atomic mass is 10.1. The van der Waals surface area contributed by atoms with Gasteiger partial charge in [-0.25, -0.2) is 0 Å². The van der Waals surface area contributed by atoms with Crippen LogP contribution in [0.2, 0.25) is 0 Å². The number of ether oxygens (including phenoxy) is 1. The number of carbonyl (C=O) groups is 1. The van der Waals surface area contributed by atoms with Gasteiger partial charge in [-0.1, -0.05) is 12.1 Å². The van der Waals surface area contributed by atoms with Crippen LogP contribution >= 0.6 is 0 Å². The Bertz CT molecular complexity index is 868. The fourth-order valence-electron chi connectivity index (χ4n) is 2.97. The zero-order chi connectivity index (χ0) is 21.6. The monoisotopic (exact) mass is 400 g/mol. The molecule has 1 atom stereocenters. The van der Waals surface area contributed by atoms with Gasteiger partial charge in [-0.3, -0.25) is 14.9 Å². The van der Waals surface area contributed by atoms with E-state index in [0.717, 1.165) is 11.3 Å². The van der Waals surface area contributed by atoms with E-state index in [1.807, 2.05) is 57.1 Å². The highest BCUT2D eigenvalue weighted by Crippen LogP contribution is 2.28. The van der Waals surface area contributed by atoms with Crippen LogP contribution in [0.4, 0.5) is 11.4 Å². The van der Waals surface area contributed by atoms with Crippen molar-refractivity contribution in [1.82, 2.24) is 10.2 Å². The fourth-order valence-corrected chi connectivity index (χ4v) is 2.97. The third-order valence-corrected chi connectivity index (χ3v) is 4.46. The standard InChI is InChI=1S/C21H28N4O4/c1-14(2)23-21(26)16-9-10-18(19(12-16)25(27)28)22-13-20(24(3)4)15-7-6-8-17(11-15)29-5/h6-12,14,20,22H,13H2,1-5H3,(H,23,26). The van der Waals surface area contributed by atoms with E-state index in [1.54, 1.807) is 19.2 Å². The van der Waals surface area contributed by atoms with Gasteiger partial charge in [-0.2, -0.15) is 0 Å². The number of nitro groups is 1. The largest absolute Gasteiger partial charge is 0.497 e. The van der Waals surface area contributed by atoms with E-state index in [0.29, 0.717) is 12.2 Å². The van der Waals surface area contributed by atoms with Crippen molar-refractivity contribution in [2.75, 3.05) is 33.1 Å². The lowest BCUT2D eigenvalue weighted by Crippen LogP contribution is -2.30. The number of carbonyl (C=O) groups excluding carboxylic acids is 1. The number of nitrogens with one attached hydrogen (secondary N) is 2. The molecule has 0 saturated heterocycles. The van der Waals surface area contributed by atoms with Crippen molar-refractivity contribution in [2.45, 2.75) is 25.9 Å². The smallest absolute Gasteiger partial charge is 0.293 e. The summed E-state index contributed by atoms with van der Waals surface area (Å²) in [5.41, 5.74) is 1.51. The molecule has 2 rings (SSSR count). The minimum Gasteiger partial charge on any atom is -0.497 e. The maximum atomic E-state index is 12.2. The number of amides is 1. The van der Waals surface area contributed by atoms with Gasteiger partial charge in [0.05, 0.1) is 18.1 Å². The molecule has 8 heteroatoms. The van der Waals surface area contributed by atoms with Crippen LogP contribution in [0.1, 0.15) is 35.8 Å². The van der Waals surface area contributed by atoms with Gasteiger partial charge in [-0.05, 0) is 57.8 Å². The highest BCUT2D eigenvalue weighted by molar-refractivity contribution is 5.95. The molecule has 0 heterocycles. The average Bonchev–Trinajstić information content (AvgIpc) is 2.67. The summed E-state index contributed by atoms with van der Waals surface area (Å²) >= 11 is 0. The predicted octanol–water partition coefficient (Wildman–Crippen LogP) is 3.46. The van der Waals surface area contributed by atoms with Crippen molar-refractivity contribution in [3.05, 3.63) is 63.7 Å². The Balaban J connectivity index is 2.24. The number of rotatable bonds is 9. The first-order chi connectivity index (χ1) is 13.7. The summed E-state index contributed by atoms with van der Waals surface area (Å²) in [5, 5.41) is 17.5. The van der Waals surface area contributed by atoms with Gasteiger partial charge in [0, 0.05) is 24.2 Å². The third-order valence-electron chi connectivity index (χ3n) is 4.46. The lowest BCUT2D eigenvalue weighted by Gasteiger charge is -2.26. The second-order valence-electron chi connectivity index (χ2n) is 7.25. The lowest BCUT2D eigenvalue weighted by molar-refractivity contribution is -0.384. The molecule has 0 bridgehead atoms. The topological polar surface area (TPSA) is 96.7 Å². The molecular formula is C21H28N4O4. The number of nitrogens with zero attached hydrogens (tertiary/aromatic N) is 2. The fraction of sp³-hybridized carbons (Fsp3) is 0.381. The number of anilines is 1. The normalized spacial score (nSPS) is 12.0. The Morgan fingerprint density at radius 2 is 1.93 bits per heavy atom. The Kier molecular flexibility index (Phi) is 7.55. The number of nitro benzene ring substituents is 1. The molecule has 0 aliphatic heterocycles. The predicted molar refractivity (Wildman–Crippen MR) is 114 cm³/mol. The van der Waals surface area contributed by atoms with E-state index in [1.165, 1.54) is 6.07 Å². The van der Waals surface area contributed by atoms with Gasteiger partial charge in [0.25, 0.3) is 11.6 Å². The Morgan fingerprint density at radius 1 is 1.21 bits per heavy atom. The zero-order valence-electron chi connectivity index (χ0n) is 17.4. The van der Waals surface area contributed by atoms with Crippen LogP contribution in [-0.4, -0.2) is 49.5 Å². The maximum Gasteiger partial charge on any atom is 0.293 e. The maximum absolute atomic E-state index is 12.2. The zero-order valence-corrected chi connectivity index (χ0v) is 17.4. The summed E-state index contributed by atoms with van der Waals surface area (Å²) in [5.74, 6) is 0.415. The molecule has 0 spiro atoms. The number of methoxy groups -OCH3 is 1. The van der Waals surface area contributed by atoms with Crippen molar-refractivity contribution in [3.63, 3.8) is 0 Å². The van der Waals surface area contributed by atoms with Gasteiger partial charge >= 0.3 is 0 Å². The summed E-state index contributed by atoms with van der Waals surface area (Å²) < 4.78 is 5.29. The highest BCUT2D eigenvalue weighted by atomic mass is 16.6. The third kappa shape index (κ3) is 5.92. The summed E-state index contributed by atoms with van der Waals surface area (Å²) in [7, 11) is 5.50. The van der Waals surface area contributed by atoms with Crippen molar-refractivity contribution >= 4 is 17.3 Å². The average molecular weight is 400 g/mol. The van der Waals surface area contributed by atoms with Crippen LogP contribution in [0, 0.1) is 10.1 Å². The SMILES string of the molecule is COc1cccc(C(CNc2ccc(C(=O)NC(C)C)cc2[N+](=O)[O-])N(C)C)c1. The van der Waals surface area contributed by atoms with Crippen molar-refractivity contribution in [3.8, 4) is 5.75 Å². The molecule has 156 valence electrons. The molecule has 0 aliphatic carbocycles. The Hall–Kier alpha value is -3.13. The number of hydrogen-bond acceptors (Lipinski definition) is 6. The van der Waals surface area contributed by atoms with Crippen molar-refractivity contribution in [1.29, 1.82) is 0 Å². The summed E-state index contributed by atoms with van der Waals surface area (Å²) in [6, 6.07) is 12.1. The number of benzene rings is 2. The van der Waals surface area contributed by atoms with E-state index in [-0.39, 0.29) is 29.2 Å². The minimum absolute atomic E-state index is 0.0337. The Labute approximate surface area is 171 Å². The first kappa shape index (κ1) is 22.2. The molecule has 2 N–H and O–H groups in total. The van der Waals surface area contributed by atoms with E-state index in [9.17, 15) is 14.9 Å². The summed E-state index contributed by atoms with van der Waals surface area (Å²) in [6.07, 6.45) is 0. The van der Waals surface area contributed by atoms with E-state index in [4.69, 9.17) is 4.74 Å². The Morgan fingerprint density at radius 3 is 2.52 bits per heavy atom. The van der Waals surface area contributed by atoms with Crippen LogP contribution in [0.5, 0.6) is 5.75 Å².